The lowest BCUT2D eigenvalue weighted by Crippen LogP contribution is -2.24. The zero-order valence-corrected chi connectivity index (χ0v) is 12.9. The number of carbonyl (C=O) groups is 1. The van der Waals surface area contributed by atoms with Gasteiger partial charge in [-0.25, -0.2) is 4.39 Å². The third-order valence-electron chi connectivity index (χ3n) is 2.95. The van der Waals surface area contributed by atoms with Crippen molar-refractivity contribution < 1.29 is 13.9 Å². The van der Waals surface area contributed by atoms with Gasteiger partial charge in [0, 0.05) is 16.7 Å². The average Bonchev–Trinajstić information content (AvgIpc) is 2.48. The standard InChI is InChI=1S/C15H14BrFN2O2/c1-21-11-3-5-14(18)12(7-11)15(20)19-8-9-6-10(17)2-4-13(9)16/h2-7H,8,18H2,1H3,(H,19,20). The molecule has 0 atom stereocenters. The van der Waals surface area contributed by atoms with E-state index < -0.39 is 0 Å². The van der Waals surface area contributed by atoms with E-state index in [9.17, 15) is 9.18 Å². The molecule has 0 fully saturated rings. The van der Waals surface area contributed by atoms with Crippen molar-refractivity contribution in [1.82, 2.24) is 5.32 Å². The van der Waals surface area contributed by atoms with Crippen molar-refractivity contribution in [2.45, 2.75) is 6.54 Å². The first kappa shape index (κ1) is 15.3. The summed E-state index contributed by atoms with van der Waals surface area (Å²) in [5, 5.41) is 2.70. The number of hydrogen-bond acceptors (Lipinski definition) is 3. The highest BCUT2D eigenvalue weighted by Gasteiger charge is 2.11. The molecule has 21 heavy (non-hydrogen) atoms. The monoisotopic (exact) mass is 352 g/mol. The van der Waals surface area contributed by atoms with E-state index in [4.69, 9.17) is 10.5 Å². The van der Waals surface area contributed by atoms with Crippen LogP contribution >= 0.6 is 15.9 Å². The number of amides is 1. The van der Waals surface area contributed by atoms with Crippen LogP contribution in [0.2, 0.25) is 0 Å². The summed E-state index contributed by atoms with van der Waals surface area (Å²) in [7, 11) is 1.51. The van der Waals surface area contributed by atoms with Gasteiger partial charge in [0.05, 0.1) is 12.7 Å². The van der Waals surface area contributed by atoms with Gasteiger partial charge in [0.2, 0.25) is 0 Å². The summed E-state index contributed by atoms with van der Waals surface area (Å²) in [6.45, 7) is 0.188. The van der Waals surface area contributed by atoms with E-state index in [1.54, 1.807) is 24.3 Å². The molecule has 6 heteroatoms. The normalized spacial score (nSPS) is 10.2. The Morgan fingerprint density at radius 3 is 2.81 bits per heavy atom. The fourth-order valence-corrected chi connectivity index (χ4v) is 2.20. The Morgan fingerprint density at radius 1 is 1.33 bits per heavy atom. The van der Waals surface area contributed by atoms with Gasteiger partial charge in [-0.05, 0) is 42.0 Å². The zero-order chi connectivity index (χ0) is 15.4. The van der Waals surface area contributed by atoms with Gasteiger partial charge in [0.25, 0.3) is 5.91 Å². The second kappa shape index (κ2) is 6.58. The van der Waals surface area contributed by atoms with Crippen LogP contribution in [0, 0.1) is 5.82 Å². The molecule has 0 saturated carbocycles. The summed E-state index contributed by atoms with van der Waals surface area (Å²) in [6, 6.07) is 9.14. The van der Waals surface area contributed by atoms with Crippen molar-refractivity contribution in [1.29, 1.82) is 0 Å². The Bertz CT molecular complexity index is 677. The fraction of sp³-hybridized carbons (Fsp3) is 0.133. The van der Waals surface area contributed by atoms with Crippen LogP contribution < -0.4 is 15.8 Å². The van der Waals surface area contributed by atoms with Crippen LogP contribution in [0.5, 0.6) is 5.75 Å². The minimum Gasteiger partial charge on any atom is -0.497 e. The third kappa shape index (κ3) is 3.72. The first-order valence-electron chi connectivity index (χ1n) is 6.17. The molecule has 2 rings (SSSR count). The van der Waals surface area contributed by atoms with Crippen LogP contribution in [0.15, 0.2) is 40.9 Å². The number of methoxy groups -OCH3 is 1. The number of nitrogen functional groups attached to an aromatic ring is 1. The largest absolute Gasteiger partial charge is 0.497 e. The first-order chi connectivity index (χ1) is 10.0. The Balaban J connectivity index is 2.13. The Kier molecular flexibility index (Phi) is 4.80. The zero-order valence-electron chi connectivity index (χ0n) is 11.3. The van der Waals surface area contributed by atoms with Crippen LogP contribution in [0.25, 0.3) is 0 Å². The number of nitrogens with one attached hydrogen (secondary N) is 1. The highest BCUT2D eigenvalue weighted by molar-refractivity contribution is 9.10. The maximum atomic E-state index is 13.2. The molecule has 0 bridgehead atoms. The van der Waals surface area contributed by atoms with Gasteiger partial charge in [-0.3, -0.25) is 4.79 Å². The molecular formula is C15H14BrFN2O2. The molecule has 0 heterocycles. The highest BCUT2D eigenvalue weighted by Crippen LogP contribution is 2.20. The summed E-state index contributed by atoms with van der Waals surface area (Å²) >= 11 is 3.31. The maximum absolute atomic E-state index is 13.2. The van der Waals surface area contributed by atoms with Crippen LogP contribution in [-0.2, 0) is 6.54 Å². The van der Waals surface area contributed by atoms with Gasteiger partial charge in [-0.1, -0.05) is 15.9 Å². The number of halogens is 2. The molecule has 4 nitrogen and oxygen atoms in total. The molecule has 3 N–H and O–H groups in total. The van der Waals surface area contributed by atoms with E-state index in [0.717, 1.165) is 4.47 Å². The molecule has 0 aliphatic rings. The summed E-state index contributed by atoms with van der Waals surface area (Å²) in [6.07, 6.45) is 0. The third-order valence-corrected chi connectivity index (χ3v) is 3.73. The smallest absolute Gasteiger partial charge is 0.253 e. The van der Waals surface area contributed by atoms with E-state index >= 15 is 0 Å². The quantitative estimate of drug-likeness (QED) is 0.831. The number of hydrogen-bond donors (Lipinski definition) is 2. The number of ether oxygens (including phenoxy) is 1. The second-order valence-corrected chi connectivity index (χ2v) is 5.23. The lowest BCUT2D eigenvalue weighted by atomic mass is 10.1. The van der Waals surface area contributed by atoms with Crippen molar-refractivity contribution >= 4 is 27.5 Å². The SMILES string of the molecule is COc1ccc(N)c(C(=O)NCc2cc(F)ccc2Br)c1. The first-order valence-corrected chi connectivity index (χ1v) is 6.96. The van der Waals surface area contributed by atoms with Crippen molar-refractivity contribution in [3.05, 3.63) is 57.8 Å². The molecule has 2 aromatic carbocycles. The number of rotatable bonds is 4. The molecule has 1 amide bonds. The van der Waals surface area contributed by atoms with E-state index in [2.05, 4.69) is 21.2 Å². The lowest BCUT2D eigenvalue weighted by molar-refractivity contribution is 0.0951. The summed E-state index contributed by atoms with van der Waals surface area (Å²) in [5.41, 5.74) is 7.10. The van der Waals surface area contributed by atoms with Crippen LogP contribution in [0.3, 0.4) is 0 Å². The molecule has 0 unspecified atom stereocenters. The molecule has 0 radical (unpaired) electrons. The van der Waals surface area contributed by atoms with E-state index in [1.807, 2.05) is 0 Å². The van der Waals surface area contributed by atoms with Gasteiger partial charge >= 0.3 is 0 Å². The van der Waals surface area contributed by atoms with E-state index in [1.165, 1.54) is 19.2 Å². The van der Waals surface area contributed by atoms with Crippen molar-refractivity contribution in [3.63, 3.8) is 0 Å². The summed E-state index contributed by atoms with van der Waals surface area (Å²) in [5.74, 6) is -0.160. The summed E-state index contributed by atoms with van der Waals surface area (Å²) in [4.78, 5) is 12.1. The molecule has 0 saturated heterocycles. The number of nitrogens with two attached hydrogens (primary N) is 1. The topological polar surface area (TPSA) is 64.3 Å². The Morgan fingerprint density at radius 2 is 2.10 bits per heavy atom. The Hall–Kier alpha value is -2.08. The lowest BCUT2D eigenvalue weighted by Gasteiger charge is -2.10. The minimum atomic E-state index is -0.358. The van der Waals surface area contributed by atoms with Gasteiger partial charge in [0.1, 0.15) is 11.6 Å². The Labute approximate surface area is 130 Å². The van der Waals surface area contributed by atoms with E-state index in [0.29, 0.717) is 22.6 Å². The molecule has 2 aromatic rings. The van der Waals surface area contributed by atoms with Crippen LogP contribution in [-0.4, -0.2) is 13.0 Å². The molecule has 0 aliphatic carbocycles. The predicted octanol–water partition coefficient (Wildman–Crippen LogP) is 3.11. The van der Waals surface area contributed by atoms with Crippen molar-refractivity contribution in [2.75, 3.05) is 12.8 Å². The second-order valence-electron chi connectivity index (χ2n) is 4.37. The predicted molar refractivity (Wildman–Crippen MR) is 82.7 cm³/mol. The number of benzene rings is 2. The number of carbonyl (C=O) groups excluding carboxylic acids is 1. The molecule has 0 aliphatic heterocycles. The molecule has 110 valence electrons. The molecular weight excluding hydrogens is 339 g/mol. The van der Waals surface area contributed by atoms with Crippen molar-refractivity contribution in [3.8, 4) is 5.75 Å². The van der Waals surface area contributed by atoms with Crippen LogP contribution in [0.1, 0.15) is 15.9 Å². The van der Waals surface area contributed by atoms with Gasteiger partial charge < -0.3 is 15.8 Å². The highest BCUT2D eigenvalue weighted by atomic mass is 79.9. The maximum Gasteiger partial charge on any atom is 0.253 e. The minimum absolute atomic E-state index is 0.188. The molecule has 0 aromatic heterocycles. The van der Waals surface area contributed by atoms with E-state index in [-0.39, 0.29) is 18.3 Å². The molecule has 0 spiro atoms. The van der Waals surface area contributed by atoms with Crippen LogP contribution in [0.4, 0.5) is 10.1 Å². The average molecular weight is 353 g/mol. The van der Waals surface area contributed by atoms with Gasteiger partial charge in [-0.2, -0.15) is 0 Å². The van der Waals surface area contributed by atoms with Gasteiger partial charge in [-0.15, -0.1) is 0 Å². The fourth-order valence-electron chi connectivity index (χ4n) is 1.81. The van der Waals surface area contributed by atoms with Crippen molar-refractivity contribution in [2.24, 2.45) is 0 Å². The van der Waals surface area contributed by atoms with Gasteiger partial charge in [0.15, 0.2) is 0 Å². The summed E-state index contributed by atoms with van der Waals surface area (Å²) < 4.78 is 19.0. The number of anilines is 1.